The fourth-order valence-electron chi connectivity index (χ4n) is 2.27. The molecule has 0 aliphatic carbocycles. The Hall–Kier alpha value is -3.48. The third-order valence-electron chi connectivity index (χ3n) is 3.52. The Labute approximate surface area is 155 Å². The number of carbonyl (C=O) groups is 1. The Balaban J connectivity index is 1.59. The predicted molar refractivity (Wildman–Crippen MR) is 96.1 cm³/mol. The molecule has 0 radical (unpaired) electrons. The van der Waals surface area contributed by atoms with Crippen LogP contribution in [0.1, 0.15) is 18.4 Å². The first-order valence-electron chi connectivity index (χ1n) is 8.31. The molecule has 0 fully saturated rings. The van der Waals surface area contributed by atoms with Gasteiger partial charge in [-0.2, -0.15) is 4.98 Å². The monoisotopic (exact) mass is 368 g/mol. The maximum Gasteiger partial charge on any atom is 0.331 e. The Morgan fingerprint density at radius 2 is 1.96 bits per heavy atom. The topological polar surface area (TPSA) is 74.5 Å². The highest BCUT2D eigenvalue weighted by molar-refractivity contribution is 5.86. The van der Waals surface area contributed by atoms with Crippen LogP contribution in [0.4, 0.5) is 4.39 Å². The zero-order valence-electron chi connectivity index (χ0n) is 14.6. The predicted octanol–water partition coefficient (Wildman–Crippen LogP) is 4.03. The van der Waals surface area contributed by atoms with Gasteiger partial charge < -0.3 is 14.0 Å². The molecule has 3 aromatic rings. The Bertz CT molecular complexity index is 935. The highest BCUT2D eigenvalue weighted by atomic mass is 19.1. The molecule has 7 heteroatoms. The third kappa shape index (κ3) is 5.01. The summed E-state index contributed by atoms with van der Waals surface area (Å²) in [7, 11) is 0. The molecule has 0 spiro atoms. The molecular weight excluding hydrogens is 351 g/mol. The van der Waals surface area contributed by atoms with Crippen LogP contribution in [-0.2, 0) is 16.1 Å². The van der Waals surface area contributed by atoms with E-state index in [-0.39, 0.29) is 18.3 Å². The maximum absolute atomic E-state index is 12.8. The van der Waals surface area contributed by atoms with Gasteiger partial charge in [0.05, 0.1) is 12.2 Å². The van der Waals surface area contributed by atoms with Crippen LogP contribution in [-0.4, -0.2) is 22.7 Å². The molecule has 0 amide bonds. The van der Waals surface area contributed by atoms with Crippen molar-refractivity contribution < 1.29 is 23.2 Å². The van der Waals surface area contributed by atoms with Crippen LogP contribution in [0.25, 0.3) is 17.5 Å². The number of rotatable bonds is 7. The first kappa shape index (κ1) is 18.3. The van der Waals surface area contributed by atoms with Gasteiger partial charge >= 0.3 is 5.97 Å². The first-order chi connectivity index (χ1) is 13.2. The second kappa shape index (κ2) is 8.75. The number of para-hydroxylation sites is 1. The average Bonchev–Trinajstić information content (AvgIpc) is 3.15. The second-order valence-electron chi connectivity index (χ2n) is 5.43. The summed E-state index contributed by atoms with van der Waals surface area (Å²) in [5, 5.41) is 3.90. The summed E-state index contributed by atoms with van der Waals surface area (Å²) in [6.45, 7) is 2.24. The Kier molecular flexibility index (Phi) is 5.94. The molecule has 0 N–H and O–H groups in total. The van der Waals surface area contributed by atoms with Crippen LogP contribution in [0.2, 0.25) is 0 Å². The second-order valence-corrected chi connectivity index (χ2v) is 5.43. The minimum Gasteiger partial charge on any atom is -0.493 e. The van der Waals surface area contributed by atoms with Crippen molar-refractivity contribution in [2.24, 2.45) is 0 Å². The van der Waals surface area contributed by atoms with E-state index in [1.54, 1.807) is 12.1 Å². The van der Waals surface area contributed by atoms with E-state index in [0.717, 1.165) is 0 Å². The van der Waals surface area contributed by atoms with Gasteiger partial charge in [-0.05, 0) is 42.8 Å². The number of carbonyl (C=O) groups excluding carboxylic acids is 1. The van der Waals surface area contributed by atoms with Crippen molar-refractivity contribution in [3.8, 4) is 17.1 Å². The molecule has 0 saturated carbocycles. The van der Waals surface area contributed by atoms with Gasteiger partial charge in [0.25, 0.3) is 5.89 Å². The fourth-order valence-corrected chi connectivity index (χ4v) is 2.27. The summed E-state index contributed by atoms with van der Waals surface area (Å²) in [6, 6.07) is 13.1. The molecule has 0 saturated heterocycles. The van der Waals surface area contributed by atoms with Gasteiger partial charge in [0, 0.05) is 6.08 Å². The average molecular weight is 368 g/mol. The normalized spacial score (nSPS) is 10.9. The number of ether oxygens (including phenoxy) is 2. The van der Waals surface area contributed by atoms with Crippen LogP contribution >= 0.6 is 0 Å². The minimum atomic E-state index is -0.575. The van der Waals surface area contributed by atoms with E-state index in [2.05, 4.69) is 10.1 Å². The van der Waals surface area contributed by atoms with Gasteiger partial charge in [-0.1, -0.05) is 29.4 Å². The molecule has 0 bridgehead atoms. The van der Waals surface area contributed by atoms with Crippen molar-refractivity contribution in [2.75, 3.05) is 6.61 Å². The molecular formula is C20H17FN2O4. The smallest absolute Gasteiger partial charge is 0.331 e. The summed E-state index contributed by atoms with van der Waals surface area (Å²) in [5.74, 6) is 0.250. The van der Waals surface area contributed by atoms with E-state index in [1.165, 1.54) is 24.3 Å². The Morgan fingerprint density at radius 3 is 2.74 bits per heavy atom. The van der Waals surface area contributed by atoms with Crippen LogP contribution in [0.15, 0.2) is 59.1 Å². The molecule has 2 aromatic carbocycles. The van der Waals surface area contributed by atoms with Gasteiger partial charge in [0.2, 0.25) is 5.82 Å². The molecule has 138 valence electrons. The van der Waals surface area contributed by atoms with Crippen molar-refractivity contribution in [3.05, 3.63) is 71.9 Å². The van der Waals surface area contributed by atoms with E-state index in [1.807, 2.05) is 31.2 Å². The van der Waals surface area contributed by atoms with Gasteiger partial charge in [0.1, 0.15) is 11.6 Å². The molecule has 27 heavy (non-hydrogen) atoms. The molecule has 0 unspecified atom stereocenters. The molecule has 0 atom stereocenters. The number of nitrogens with zero attached hydrogens (tertiary/aromatic N) is 2. The van der Waals surface area contributed by atoms with Gasteiger partial charge in [-0.25, -0.2) is 9.18 Å². The van der Waals surface area contributed by atoms with Gasteiger partial charge in [-0.3, -0.25) is 0 Å². The van der Waals surface area contributed by atoms with E-state index in [9.17, 15) is 9.18 Å². The van der Waals surface area contributed by atoms with Crippen molar-refractivity contribution in [1.82, 2.24) is 10.1 Å². The standard InChI is InChI=1S/C20H17FN2O4/c1-2-25-17-6-4-3-5-16(17)20-22-18(27-23-20)13-26-19(24)12-9-14-7-10-15(21)11-8-14/h3-12H,2,13H2,1H3/b12-9+. The van der Waals surface area contributed by atoms with Crippen LogP contribution in [0, 0.1) is 5.82 Å². The van der Waals surface area contributed by atoms with E-state index >= 15 is 0 Å². The molecule has 0 aliphatic rings. The first-order valence-corrected chi connectivity index (χ1v) is 8.31. The van der Waals surface area contributed by atoms with Crippen molar-refractivity contribution in [2.45, 2.75) is 13.5 Å². The lowest BCUT2D eigenvalue weighted by atomic mass is 10.2. The summed E-state index contributed by atoms with van der Waals surface area (Å²) in [6.07, 6.45) is 2.77. The molecule has 1 aromatic heterocycles. The highest BCUT2D eigenvalue weighted by Gasteiger charge is 2.14. The van der Waals surface area contributed by atoms with Crippen LogP contribution in [0.5, 0.6) is 5.75 Å². The van der Waals surface area contributed by atoms with E-state index < -0.39 is 5.97 Å². The lowest BCUT2D eigenvalue weighted by molar-refractivity contribution is -0.139. The third-order valence-corrected chi connectivity index (χ3v) is 3.52. The highest BCUT2D eigenvalue weighted by Crippen LogP contribution is 2.27. The van der Waals surface area contributed by atoms with Crippen molar-refractivity contribution >= 4 is 12.0 Å². The number of benzene rings is 2. The van der Waals surface area contributed by atoms with Crippen LogP contribution < -0.4 is 4.74 Å². The van der Waals surface area contributed by atoms with Gasteiger partial charge in [0.15, 0.2) is 6.61 Å². The van der Waals surface area contributed by atoms with E-state index in [4.69, 9.17) is 14.0 Å². The number of esters is 1. The number of hydrogen-bond donors (Lipinski definition) is 0. The van der Waals surface area contributed by atoms with Crippen molar-refractivity contribution in [3.63, 3.8) is 0 Å². The summed E-state index contributed by atoms with van der Waals surface area (Å²) in [5.41, 5.74) is 1.37. The van der Waals surface area contributed by atoms with Gasteiger partial charge in [-0.15, -0.1) is 0 Å². The molecule has 0 aliphatic heterocycles. The fraction of sp³-hybridized carbons (Fsp3) is 0.150. The number of aromatic nitrogens is 2. The Morgan fingerprint density at radius 1 is 1.19 bits per heavy atom. The lowest BCUT2D eigenvalue weighted by Gasteiger charge is -2.05. The van der Waals surface area contributed by atoms with Crippen LogP contribution in [0.3, 0.4) is 0 Å². The maximum atomic E-state index is 12.8. The molecule has 1 heterocycles. The number of halogens is 1. The minimum absolute atomic E-state index is 0.156. The zero-order chi connectivity index (χ0) is 19.1. The summed E-state index contributed by atoms with van der Waals surface area (Å²) in [4.78, 5) is 16.0. The molecule has 3 rings (SSSR count). The summed E-state index contributed by atoms with van der Waals surface area (Å²) < 4.78 is 28.6. The summed E-state index contributed by atoms with van der Waals surface area (Å²) >= 11 is 0. The van der Waals surface area contributed by atoms with E-state index in [0.29, 0.717) is 29.3 Å². The quantitative estimate of drug-likeness (QED) is 0.463. The SMILES string of the molecule is CCOc1ccccc1-c1noc(COC(=O)/C=C/c2ccc(F)cc2)n1. The van der Waals surface area contributed by atoms with Crippen molar-refractivity contribution in [1.29, 1.82) is 0 Å². The number of hydrogen-bond acceptors (Lipinski definition) is 6. The lowest BCUT2D eigenvalue weighted by Crippen LogP contribution is -2.01. The largest absolute Gasteiger partial charge is 0.493 e. The zero-order valence-corrected chi connectivity index (χ0v) is 14.6. The molecule has 6 nitrogen and oxygen atoms in total.